The largest absolute Gasteiger partial charge is 0.325 e. The minimum atomic E-state index is -0.842. The molecule has 0 bridgehead atoms. The van der Waals surface area contributed by atoms with Crippen molar-refractivity contribution in [3.05, 3.63) is 67.0 Å². The highest BCUT2D eigenvalue weighted by molar-refractivity contribution is 6.02. The first-order chi connectivity index (χ1) is 14.7. The molecule has 3 aromatic rings. The van der Waals surface area contributed by atoms with Crippen LogP contribution >= 0.6 is 0 Å². The summed E-state index contributed by atoms with van der Waals surface area (Å²) in [5.41, 5.74) is 2.07. The number of aromatic nitrogens is 2. The Bertz CT molecular complexity index is 1120. The first-order valence-corrected chi connectivity index (χ1v) is 10.2. The molecule has 0 spiro atoms. The SMILES string of the molecule is N#C[C@@]1(C2CC2)CCN(c2ccnc(Nc3ccc(-c4ccccc4)cn3)c2)C1=O. The van der Waals surface area contributed by atoms with Crippen LogP contribution in [0.1, 0.15) is 19.3 Å². The van der Waals surface area contributed by atoms with Gasteiger partial charge in [-0.15, -0.1) is 0 Å². The molecule has 1 aliphatic heterocycles. The Hall–Kier alpha value is -3.72. The Morgan fingerprint density at radius 2 is 1.87 bits per heavy atom. The minimum Gasteiger partial charge on any atom is -0.325 e. The fourth-order valence-electron chi connectivity index (χ4n) is 4.19. The zero-order valence-electron chi connectivity index (χ0n) is 16.5. The van der Waals surface area contributed by atoms with Gasteiger partial charge in [0.1, 0.15) is 17.1 Å². The average Bonchev–Trinajstić information content (AvgIpc) is 3.59. The van der Waals surface area contributed by atoms with Crippen LogP contribution in [0.3, 0.4) is 0 Å². The number of nitrogens with one attached hydrogen (secondary N) is 1. The second-order valence-corrected chi connectivity index (χ2v) is 7.89. The van der Waals surface area contributed by atoms with Crippen LogP contribution < -0.4 is 10.2 Å². The van der Waals surface area contributed by atoms with Gasteiger partial charge in [-0.1, -0.05) is 30.3 Å². The van der Waals surface area contributed by atoms with E-state index in [0.717, 1.165) is 29.7 Å². The number of rotatable bonds is 5. The van der Waals surface area contributed by atoms with E-state index in [-0.39, 0.29) is 11.8 Å². The van der Waals surface area contributed by atoms with E-state index in [1.807, 2.05) is 60.8 Å². The van der Waals surface area contributed by atoms with E-state index in [1.165, 1.54) is 0 Å². The van der Waals surface area contributed by atoms with Gasteiger partial charge in [0.15, 0.2) is 0 Å². The van der Waals surface area contributed by atoms with Crippen molar-refractivity contribution < 1.29 is 4.79 Å². The van der Waals surface area contributed by atoms with Crippen molar-refractivity contribution in [2.45, 2.75) is 19.3 Å². The molecule has 1 N–H and O–H groups in total. The third-order valence-corrected chi connectivity index (χ3v) is 6.01. The first kappa shape index (κ1) is 18.3. The fraction of sp³-hybridized carbons (Fsp3) is 0.250. The molecule has 0 unspecified atom stereocenters. The van der Waals surface area contributed by atoms with Gasteiger partial charge in [-0.05, 0) is 48.9 Å². The molecular formula is C24H21N5O. The molecule has 1 amide bonds. The number of anilines is 3. The first-order valence-electron chi connectivity index (χ1n) is 10.2. The standard InChI is InChI=1S/C24H21N5O/c25-16-24(19-7-8-19)11-13-29(23(24)30)20-10-12-26-22(14-20)28-21-9-6-18(15-27-21)17-4-2-1-3-5-17/h1-6,9-10,12,14-15,19H,7-8,11,13H2,(H,26,27,28)/t24-/m1/s1. The smallest absolute Gasteiger partial charge is 0.247 e. The summed E-state index contributed by atoms with van der Waals surface area (Å²) in [6.07, 6.45) is 6.04. The van der Waals surface area contributed by atoms with Crippen LogP contribution in [-0.4, -0.2) is 22.4 Å². The predicted molar refractivity (Wildman–Crippen MR) is 115 cm³/mol. The second-order valence-electron chi connectivity index (χ2n) is 7.89. The zero-order chi connectivity index (χ0) is 20.6. The topological polar surface area (TPSA) is 81.9 Å². The number of pyridine rings is 2. The fourth-order valence-corrected chi connectivity index (χ4v) is 4.19. The zero-order valence-corrected chi connectivity index (χ0v) is 16.5. The van der Waals surface area contributed by atoms with Gasteiger partial charge in [-0.3, -0.25) is 4.79 Å². The molecule has 1 aromatic carbocycles. The molecule has 1 saturated heterocycles. The van der Waals surface area contributed by atoms with Gasteiger partial charge in [0, 0.05) is 36.3 Å². The van der Waals surface area contributed by atoms with Crippen molar-refractivity contribution in [1.29, 1.82) is 5.26 Å². The van der Waals surface area contributed by atoms with Crippen LogP contribution in [-0.2, 0) is 4.79 Å². The molecule has 2 aliphatic rings. The average molecular weight is 395 g/mol. The van der Waals surface area contributed by atoms with E-state index >= 15 is 0 Å². The molecule has 148 valence electrons. The summed E-state index contributed by atoms with van der Waals surface area (Å²) >= 11 is 0. The quantitative estimate of drug-likeness (QED) is 0.686. The number of carbonyl (C=O) groups excluding carboxylic acids is 1. The van der Waals surface area contributed by atoms with Crippen molar-refractivity contribution in [3.63, 3.8) is 0 Å². The molecule has 3 heterocycles. The number of nitriles is 1. The Morgan fingerprint density at radius 3 is 2.57 bits per heavy atom. The summed E-state index contributed by atoms with van der Waals surface area (Å²) in [7, 11) is 0. The van der Waals surface area contributed by atoms with E-state index in [1.54, 1.807) is 11.1 Å². The number of hydrogen-bond acceptors (Lipinski definition) is 5. The van der Waals surface area contributed by atoms with E-state index in [9.17, 15) is 10.1 Å². The van der Waals surface area contributed by atoms with E-state index in [4.69, 9.17) is 0 Å². The lowest BCUT2D eigenvalue weighted by Crippen LogP contribution is -2.35. The van der Waals surface area contributed by atoms with Crippen molar-refractivity contribution in [3.8, 4) is 17.2 Å². The number of hydrogen-bond donors (Lipinski definition) is 1. The number of carbonyl (C=O) groups is 1. The molecule has 2 aromatic heterocycles. The Kier molecular flexibility index (Phi) is 4.44. The van der Waals surface area contributed by atoms with Gasteiger partial charge >= 0.3 is 0 Å². The Morgan fingerprint density at radius 1 is 1.03 bits per heavy atom. The third-order valence-electron chi connectivity index (χ3n) is 6.01. The number of amides is 1. The summed E-state index contributed by atoms with van der Waals surface area (Å²) in [6.45, 7) is 0.566. The van der Waals surface area contributed by atoms with Gasteiger partial charge in [-0.25, -0.2) is 9.97 Å². The van der Waals surface area contributed by atoms with E-state index in [2.05, 4.69) is 21.4 Å². The molecule has 1 atom stereocenters. The van der Waals surface area contributed by atoms with Crippen molar-refractivity contribution >= 4 is 23.2 Å². The number of benzene rings is 1. The normalized spacial score (nSPS) is 20.8. The van der Waals surface area contributed by atoms with E-state index in [0.29, 0.717) is 24.6 Å². The summed E-state index contributed by atoms with van der Waals surface area (Å²) < 4.78 is 0. The van der Waals surface area contributed by atoms with Crippen LogP contribution in [0.2, 0.25) is 0 Å². The molecule has 0 radical (unpaired) electrons. The monoisotopic (exact) mass is 395 g/mol. The lowest BCUT2D eigenvalue weighted by Gasteiger charge is -2.21. The Balaban J connectivity index is 1.33. The predicted octanol–water partition coefficient (Wildman–Crippen LogP) is 4.54. The molecule has 6 heteroatoms. The molecule has 1 saturated carbocycles. The van der Waals surface area contributed by atoms with Gasteiger partial charge in [0.05, 0.1) is 6.07 Å². The van der Waals surface area contributed by atoms with Crippen LogP contribution in [0.5, 0.6) is 0 Å². The molecular weight excluding hydrogens is 374 g/mol. The lowest BCUT2D eigenvalue weighted by molar-refractivity contribution is -0.123. The maximum absolute atomic E-state index is 13.0. The molecule has 2 fully saturated rings. The van der Waals surface area contributed by atoms with Gasteiger partial charge < -0.3 is 10.2 Å². The van der Waals surface area contributed by atoms with Gasteiger partial charge in [-0.2, -0.15) is 5.26 Å². The highest BCUT2D eigenvalue weighted by atomic mass is 16.2. The van der Waals surface area contributed by atoms with Crippen LogP contribution in [0.4, 0.5) is 17.3 Å². The van der Waals surface area contributed by atoms with Crippen LogP contribution in [0, 0.1) is 22.7 Å². The molecule has 5 rings (SSSR count). The van der Waals surface area contributed by atoms with Crippen LogP contribution in [0.15, 0.2) is 67.0 Å². The molecule has 30 heavy (non-hydrogen) atoms. The summed E-state index contributed by atoms with van der Waals surface area (Å²) in [5, 5.41) is 12.9. The maximum Gasteiger partial charge on any atom is 0.247 e. The highest BCUT2D eigenvalue weighted by Gasteiger charge is 2.56. The maximum atomic E-state index is 13.0. The van der Waals surface area contributed by atoms with Gasteiger partial charge in [0.25, 0.3) is 0 Å². The minimum absolute atomic E-state index is 0.0741. The third kappa shape index (κ3) is 3.18. The van der Waals surface area contributed by atoms with E-state index < -0.39 is 5.41 Å². The second kappa shape index (κ2) is 7.27. The molecule has 1 aliphatic carbocycles. The van der Waals surface area contributed by atoms with Crippen molar-refractivity contribution in [2.75, 3.05) is 16.8 Å². The summed E-state index contributed by atoms with van der Waals surface area (Å²) in [5.74, 6) is 1.43. The lowest BCUT2D eigenvalue weighted by atomic mass is 9.83. The van der Waals surface area contributed by atoms with Crippen molar-refractivity contribution in [1.82, 2.24) is 9.97 Å². The van der Waals surface area contributed by atoms with Crippen molar-refractivity contribution in [2.24, 2.45) is 11.3 Å². The highest BCUT2D eigenvalue weighted by Crippen LogP contribution is 2.51. The Labute approximate surface area is 175 Å². The summed E-state index contributed by atoms with van der Waals surface area (Å²) in [6, 6.07) is 20.0. The van der Waals surface area contributed by atoms with Crippen LogP contribution in [0.25, 0.3) is 11.1 Å². The summed E-state index contributed by atoms with van der Waals surface area (Å²) in [4.78, 5) is 23.6. The van der Waals surface area contributed by atoms with Gasteiger partial charge in [0.2, 0.25) is 5.91 Å². The molecule has 6 nitrogen and oxygen atoms in total. The number of nitrogens with zero attached hydrogens (tertiary/aromatic N) is 4.